The number of carboxylic acid groups (broad SMARTS) is 1. The minimum atomic E-state index is -0.800. The van der Waals surface area contributed by atoms with Crippen molar-refractivity contribution in [2.45, 2.75) is 31.6 Å². The average molecular weight is 287 g/mol. The molecule has 1 saturated carbocycles. The van der Waals surface area contributed by atoms with Crippen molar-refractivity contribution in [1.29, 1.82) is 0 Å². The van der Waals surface area contributed by atoms with Crippen LogP contribution >= 0.6 is 0 Å². The molecule has 2 fully saturated rings. The molecule has 4 heteroatoms. The molecule has 4 nitrogen and oxygen atoms in total. The monoisotopic (exact) mass is 287 g/mol. The number of rotatable bonds is 3. The van der Waals surface area contributed by atoms with E-state index in [4.69, 9.17) is 0 Å². The molecule has 112 valence electrons. The maximum Gasteiger partial charge on any atom is 0.308 e. The first-order valence-electron chi connectivity index (χ1n) is 7.73. The van der Waals surface area contributed by atoms with Crippen LogP contribution < -0.4 is 0 Å². The number of hydrogen-bond donors (Lipinski definition) is 1. The Morgan fingerprint density at radius 2 is 1.71 bits per heavy atom. The minimum Gasteiger partial charge on any atom is -0.481 e. The first-order valence-corrected chi connectivity index (χ1v) is 7.73. The number of amides is 1. The van der Waals surface area contributed by atoms with Gasteiger partial charge < -0.3 is 10.0 Å². The molecule has 0 aromatic heterocycles. The molecule has 0 bridgehead atoms. The van der Waals surface area contributed by atoms with Crippen LogP contribution in [0.25, 0.3) is 0 Å². The number of carbonyl (C=O) groups is 2. The molecule has 1 heterocycles. The summed E-state index contributed by atoms with van der Waals surface area (Å²) in [6, 6.07) is 9.70. The summed E-state index contributed by atoms with van der Waals surface area (Å²) < 4.78 is 0. The molecule has 2 aliphatic rings. The van der Waals surface area contributed by atoms with Crippen LogP contribution in [0, 0.1) is 11.8 Å². The molecular formula is C17H21NO3. The van der Waals surface area contributed by atoms with E-state index in [1.54, 1.807) is 4.90 Å². The maximum atomic E-state index is 12.5. The summed E-state index contributed by atoms with van der Waals surface area (Å²) in [6.45, 7) is 0.889. The Labute approximate surface area is 124 Å². The fourth-order valence-electron chi connectivity index (χ4n) is 3.70. The van der Waals surface area contributed by atoms with Crippen LogP contribution in [-0.2, 0) is 9.59 Å². The van der Waals surface area contributed by atoms with Crippen molar-refractivity contribution in [1.82, 2.24) is 4.90 Å². The number of hydrogen-bond acceptors (Lipinski definition) is 2. The Morgan fingerprint density at radius 1 is 1.05 bits per heavy atom. The van der Waals surface area contributed by atoms with Gasteiger partial charge in [0.05, 0.1) is 5.92 Å². The van der Waals surface area contributed by atoms with Gasteiger partial charge in [-0.3, -0.25) is 9.59 Å². The van der Waals surface area contributed by atoms with Gasteiger partial charge in [-0.2, -0.15) is 0 Å². The molecule has 0 spiro atoms. The van der Waals surface area contributed by atoms with E-state index in [0.717, 1.165) is 31.2 Å². The van der Waals surface area contributed by atoms with Crippen LogP contribution in [0.4, 0.5) is 0 Å². The molecular weight excluding hydrogens is 266 g/mol. The summed E-state index contributed by atoms with van der Waals surface area (Å²) in [5, 5.41) is 9.47. The topological polar surface area (TPSA) is 57.6 Å². The molecule has 0 unspecified atom stereocenters. The normalized spacial score (nSPS) is 26.2. The van der Waals surface area contributed by atoms with Gasteiger partial charge in [-0.1, -0.05) is 43.2 Å². The summed E-state index contributed by atoms with van der Waals surface area (Å²) >= 11 is 0. The smallest absolute Gasteiger partial charge is 0.308 e. The highest BCUT2D eigenvalue weighted by molar-refractivity contribution is 5.81. The van der Waals surface area contributed by atoms with Crippen molar-refractivity contribution in [3.05, 3.63) is 35.9 Å². The zero-order chi connectivity index (χ0) is 14.8. The number of carboxylic acids is 1. The van der Waals surface area contributed by atoms with E-state index in [9.17, 15) is 14.7 Å². The maximum absolute atomic E-state index is 12.5. The third kappa shape index (κ3) is 2.80. The van der Waals surface area contributed by atoms with E-state index in [1.807, 2.05) is 30.3 Å². The molecule has 21 heavy (non-hydrogen) atoms. The summed E-state index contributed by atoms with van der Waals surface area (Å²) in [4.78, 5) is 25.8. The van der Waals surface area contributed by atoms with Gasteiger partial charge in [-0.05, 0) is 18.4 Å². The molecule has 2 atom stereocenters. The van der Waals surface area contributed by atoms with Gasteiger partial charge in [0.15, 0.2) is 0 Å². The number of nitrogens with zero attached hydrogens (tertiary/aromatic N) is 1. The van der Waals surface area contributed by atoms with Crippen molar-refractivity contribution >= 4 is 11.9 Å². The lowest BCUT2D eigenvalue weighted by molar-refractivity contribution is -0.142. The van der Waals surface area contributed by atoms with Gasteiger partial charge in [0.25, 0.3) is 0 Å². The molecule has 1 aromatic rings. The van der Waals surface area contributed by atoms with Crippen LogP contribution in [-0.4, -0.2) is 35.0 Å². The highest BCUT2D eigenvalue weighted by atomic mass is 16.4. The van der Waals surface area contributed by atoms with Crippen LogP contribution in [0.1, 0.15) is 37.2 Å². The molecule has 1 saturated heterocycles. The second kappa shape index (κ2) is 5.88. The number of benzene rings is 1. The van der Waals surface area contributed by atoms with Gasteiger partial charge in [-0.15, -0.1) is 0 Å². The summed E-state index contributed by atoms with van der Waals surface area (Å²) in [5.41, 5.74) is 1.02. The molecule has 1 aliphatic carbocycles. The van der Waals surface area contributed by atoms with Crippen molar-refractivity contribution in [3.8, 4) is 0 Å². The van der Waals surface area contributed by atoms with Crippen molar-refractivity contribution in [2.75, 3.05) is 13.1 Å². The predicted octanol–water partition coefficient (Wildman–Crippen LogP) is 2.50. The van der Waals surface area contributed by atoms with E-state index < -0.39 is 11.9 Å². The number of aliphatic carboxylic acids is 1. The SMILES string of the molecule is O=C(O)[C@@H]1CN(C(=O)C2CCCC2)C[C@@H]1c1ccccc1. The zero-order valence-electron chi connectivity index (χ0n) is 12.1. The lowest BCUT2D eigenvalue weighted by atomic mass is 9.89. The van der Waals surface area contributed by atoms with Gasteiger partial charge in [0, 0.05) is 24.9 Å². The summed E-state index contributed by atoms with van der Waals surface area (Å²) in [7, 11) is 0. The van der Waals surface area contributed by atoms with E-state index in [1.165, 1.54) is 0 Å². The van der Waals surface area contributed by atoms with E-state index in [-0.39, 0.29) is 17.7 Å². The second-order valence-corrected chi connectivity index (χ2v) is 6.19. The standard InChI is InChI=1S/C17H21NO3/c19-16(13-8-4-5-9-13)18-10-14(15(11-18)17(20)21)12-6-2-1-3-7-12/h1-3,6-7,13-15H,4-5,8-11H2,(H,20,21)/t14-,15-/m1/s1. The minimum absolute atomic E-state index is 0.0888. The van der Waals surface area contributed by atoms with Crippen molar-refractivity contribution < 1.29 is 14.7 Å². The van der Waals surface area contributed by atoms with Gasteiger partial charge in [0.1, 0.15) is 0 Å². The lowest BCUT2D eigenvalue weighted by Crippen LogP contribution is -2.34. The third-order valence-corrected chi connectivity index (χ3v) is 4.88. The fourth-order valence-corrected chi connectivity index (χ4v) is 3.70. The Hall–Kier alpha value is -1.84. The lowest BCUT2D eigenvalue weighted by Gasteiger charge is -2.20. The third-order valence-electron chi connectivity index (χ3n) is 4.88. The fraction of sp³-hybridized carbons (Fsp3) is 0.529. The van der Waals surface area contributed by atoms with Gasteiger partial charge >= 0.3 is 5.97 Å². The molecule has 1 aliphatic heterocycles. The predicted molar refractivity (Wildman–Crippen MR) is 78.8 cm³/mol. The quantitative estimate of drug-likeness (QED) is 0.929. The molecule has 1 N–H and O–H groups in total. The number of likely N-dealkylation sites (tertiary alicyclic amines) is 1. The van der Waals surface area contributed by atoms with Crippen LogP contribution in [0.2, 0.25) is 0 Å². The summed E-state index contributed by atoms with van der Waals surface area (Å²) in [6.07, 6.45) is 4.16. The first kappa shape index (κ1) is 14.1. The van der Waals surface area contributed by atoms with E-state index >= 15 is 0 Å². The van der Waals surface area contributed by atoms with Crippen LogP contribution in [0.15, 0.2) is 30.3 Å². The molecule has 1 aromatic carbocycles. The second-order valence-electron chi connectivity index (χ2n) is 6.19. The van der Waals surface area contributed by atoms with Gasteiger partial charge in [-0.25, -0.2) is 0 Å². The Balaban J connectivity index is 1.78. The highest BCUT2D eigenvalue weighted by Crippen LogP contribution is 2.35. The zero-order valence-corrected chi connectivity index (χ0v) is 12.1. The highest BCUT2D eigenvalue weighted by Gasteiger charge is 2.42. The average Bonchev–Trinajstić information content (AvgIpc) is 3.17. The Kier molecular flexibility index (Phi) is 3.95. The van der Waals surface area contributed by atoms with Crippen LogP contribution in [0.5, 0.6) is 0 Å². The van der Waals surface area contributed by atoms with Crippen molar-refractivity contribution in [2.24, 2.45) is 11.8 Å². The summed E-state index contributed by atoms with van der Waals surface area (Å²) in [5.74, 6) is -1.09. The van der Waals surface area contributed by atoms with Crippen LogP contribution in [0.3, 0.4) is 0 Å². The molecule has 3 rings (SSSR count). The van der Waals surface area contributed by atoms with Crippen molar-refractivity contribution in [3.63, 3.8) is 0 Å². The molecule has 1 amide bonds. The largest absolute Gasteiger partial charge is 0.481 e. The molecule has 0 radical (unpaired) electrons. The van der Waals surface area contributed by atoms with E-state index in [2.05, 4.69) is 0 Å². The number of carbonyl (C=O) groups excluding carboxylic acids is 1. The van der Waals surface area contributed by atoms with E-state index in [0.29, 0.717) is 13.1 Å². The Bertz CT molecular complexity index is 522. The Morgan fingerprint density at radius 3 is 2.33 bits per heavy atom. The first-order chi connectivity index (χ1) is 10.2. The van der Waals surface area contributed by atoms with Gasteiger partial charge in [0.2, 0.25) is 5.91 Å².